The summed E-state index contributed by atoms with van der Waals surface area (Å²) in [5.74, 6) is 2.15. The van der Waals surface area contributed by atoms with Gasteiger partial charge in [-0.2, -0.15) is 0 Å². The molecule has 0 radical (unpaired) electrons. The van der Waals surface area contributed by atoms with E-state index in [-0.39, 0.29) is 17.1 Å². The third-order valence-corrected chi connectivity index (χ3v) is 6.45. The minimum Gasteiger partial charge on any atom is -0.325 e. The first-order valence-corrected chi connectivity index (χ1v) is 8.95. The number of carbonyl (C=O) groups is 2. The van der Waals surface area contributed by atoms with E-state index in [9.17, 15) is 9.59 Å². The van der Waals surface area contributed by atoms with E-state index < -0.39 is 0 Å². The van der Waals surface area contributed by atoms with E-state index in [1.807, 2.05) is 0 Å². The number of rotatable bonds is 3. The lowest BCUT2D eigenvalue weighted by atomic mass is 9.49. The number of ketones is 1. The lowest BCUT2D eigenvalue weighted by Gasteiger charge is -2.55. The number of carbonyl (C=O) groups excluding carboxylic acids is 2. The van der Waals surface area contributed by atoms with Crippen molar-refractivity contribution in [2.75, 3.05) is 5.32 Å². The first kappa shape index (κ1) is 15.2. The van der Waals surface area contributed by atoms with Crippen LogP contribution in [0.5, 0.6) is 0 Å². The summed E-state index contributed by atoms with van der Waals surface area (Å²) in [6.07, 6.45) is 6.97. The molecule has 1 aromatic carbocycles. The lowest BCUT2D eigenvalue weighted by molar-refractivity contribution is -0.140. The molecule has 0 atom stereocenters. The molecule has 4 heteroatoms. The Kier molecular flexibility index (Phi) is 3.53. The van der Waals surface area contributed by atoms with Crippen molar-refractivity contribution in [2.24, 2.45) is 23.2 Å². The Labute approximate surface area is 141 Å². The molecular formula is C19H22ClNO2. The Balaban J connectivity index is 1.62. The summed E-state index contributed by atoms with van der Waals surface area (Å²) >= 11 is 6.15. The number of Topliss-reactive ketones (excluding diaryl/α,β-unsaturated/α-hetero) is 1. The molecule has 5 rings (SSSR count). The topological polar surface area (TPSA) is 46.2 Å². The van der Waals surface area contributed by atoms with E-state index >= 15 is 0 Å². The van der Waals surface area contributed by atoms with E-state index in [1.54, 1.807) is 18.2 Å². The molecule has 4 fully saturated rings. The third-order valence-electron chi connectivity index (χ3n) is 6.13. The fraction of sp³-hybridized carbons (Fsp3) is 0.579. The van der Waals surface area contributed by atoms with E-state index in [1.165, 1.54) is 26.2 Å². The normalized spacial score (nSPS) is 34.4. The zero-order chi connectivity index (χ0) is 16.2. The maximum Gasteiger partial charge on any atom is 0.230 e. The zero-order valence-electron chi connectivity index (χ0n) is 13.4. The molecule has 0 unspecified atom stereocenters. The maximum atomic E-state index is 13.1. The highest BCUT2D eigenvalue weighted by Gasteiger charge is 2.54. The molecule has 4 aliphatic carbocycles. The van der Waals surface area contributed by atoms with Gasteiger partial charge in [-0.3, -0.25) is 9.59 Å². The van der Waals surface area contributed by atoms with Crippen molar-refractivity contribution >= 4 is 29.0 Å². The average Bonchev–Trinajstić information content (AvgIpc) is 2.45. The molecule has 0 aromatic heterocycles. The van der Waals surface area contributed by atoms with Crippen LogP contribution in [0.25, 0.3) is 0 Å². The molecule has 0 spiro atoms. The van der Waals surface area contributed by atoms with E-state index in [2.05, 4.69) is 5.32 Å². The molecule has 4 bridgehead atoms. The molecular weight excluding hydrogens is 310 g/mol. The fourth-order valence-electron chi connectivity index (χ4n) is 5.63. The first-order chi connectivity index (χ1) is 11.0. The molecule has 1 aromatic rings. The molecule has 23 heavy (non-hydrogen) atoms. The second-order valence-corrected chi connectivity index (χ2v) is 8.28. The van der Waals surface area contributed by atoms with Gasteiger partial charge in [0.25, 0.3) is 0 Å². The number of hydrogen-bond donors (Lipinski definition) is 1. The summed E-state index contributed by atoms with van der Waals surface area (Å²) in [4.78, 5) is 25.0. The summed E-state index contributed by atoms with van der Waals surface area (Å²) in [6.45, 7) is 1.49. The standard InChI is InChI=1S/C19H22ClNO2/c1-11(22)17-15(20)3-2-4-16(17)21-18(23)19-8-12-5-13(9-19)7-14(6-12)10-19/h2-4,12-14H,5-10H2,1H3,(H,21,23). The molecule has 1 N–H and O–H groups in total. The van der Waals surface area contributed by atoms with Crippen LogP contribution in [0.15, 0.2) is 18.2 Å². The second-order valence-electron chi connectivity index (χ2n) is 7.87. The smallest absolute Gasteiger partial charge is 0.230 e. The molecule has 122 valence electrons. The van der Waals surface area contributed by atoms with Crippen molar-refractivity contribution in [1.82, 2.24) is 0 Å². The molecule has 1 amide bonds. The van der Waals surface area contributed by atoms with Crippen LogP contribution in [-0.4, -0.2) is 11.7 Å². The van der Waals surface area contributed by atoms with Gasteiger partial charge in [0.15, 0.2) is 5.78 Å². The minimum atomic E-state index is -0.217. The summed E-state index contributed by atoms with van der Waals surface area (Å²) in [7, 11) is 0. The van der Waals surface area contributed by atoms with Gasteiger partial charge in [-0.1, -0.05) is 17.7 Å². The largest absolute Gasteiger partial charge is 0.325 e. The summed E-state index contributed by atoms with van der Waals surface area (Å²) in [5.41, 5.74) is 0.767. The molecule has 0 saturated heterocycles. The van der Waals surface area contributed by atoms with Gasteiger partial charge >= 0.3 is 0 Å². The van der Waals surface area contributed by atoms with E-state index in [0.29, 0.717) is 16.3 Å². The number of hydrogen-bond acceptors (Lipinski definition) is 2. The lowest BCUT2D eigenvalue weighted by Crippen LogP contribution is -2.51. The van der Waals surface area contributed by atoms with Gasteiger partial charge in [0, 0.05) is 0 Å². The van der Waals surface area contributed by atoms with Crippen LogP contribution in [0.2, 0.25) is 5.02 Å². The number of nitrogens with one attached hydrogen (secondary N) is 1. The third kappa shape index (κ3) is 2.50. The Bertz CT molecular complexity index is 647. The summed E-state index contributed by atoms with van der Waals surface area (Å²) in [5, 5.41) is 3.45. The molecule has 3 nitrogen and oxygen atoms in total. The first-order valence-electron chi connectivity index (χ1n) is 8.58. The number of benzene rings is 1. The van der Waals surface area contributed by atoms with Gasteiger partial charge in [0.2, 0.25) is 5.91 Å². The zero-order valence-corrected chi connectivity index (χ0v) is 14.2. The van der Waals surface area contributed by atoms with Crippen molar-refractivity contribution in [3.8, 4) is 0 Å². The van der Waals surface area contributed by atoms with Gasteiger partial charge in [-0.25, -0.2) is 0 Å². The quantitative estimate of drug-likeness (QED) is 0.816. The summed E-state index contributed by atoms with van der Waals surface area (Å²) < 4.78 is 0. The van der Waals surface area contributed by atoms with Crippen LogP contribution in [0, 0.1) is 23.2 Å². The minimum absolute atomic E-state index is 0.0985. The van der Waals surface area contributed by atoms with Crippen molar-refractivity contribution < 1.29 is 9.59 Å². The van der Waals surface area contributed by atoms with Crippen LogP contribution in [-0.2, 0) is 4.79 Å². The Morgan fingerprint density at radius 1 is 1.09 bits per heavy atom. The Hall–Kier alpha value is -1.35. The van der Waals surface area contributed by atoms with Crippen LogP contribution in [0.3, 0.4) is 0 Å². The summed E-state index contributed by atoms with van der Waals surface area (Å²) in [6, 6.07) is 5.25. The maximum absolute atomic E-state index is 13.1. The molecule has 4 saturated carbocycles. The Morgan fingerprint density at radius 3 is 2.17 bits per heavy atom. The van der Waals surface area contributed by atoms with E-state index in [0.717, 1.165) is 37.0 Å². The molecule has 4 aliphatic rings. The predicted octanol–water partition coefficient (Wildman–Crippen LogP) is 4.70. The molecule has 0 aliphatic heterocycles. The van der Waals surface area contributed by atoms with E-state index in [4.69, 9.17) is 11.6 Å². The second kappa shape index (κ2) is 5.34. The highest BCUT2D eigenvalue weighted by Crippen LogP contribution is 2.60. The molecule has 0 heterocycles. The highest BCUT2D eigenvalue weighted by molar-refractivity contribution is 6.34. The van der Waals surface area contributed by atoms with Crippen molar-refractivity contribution in [3.05, 3.63) is 28.8 Å². The van der Waals surface area contributed by atoms with Crippen molar-refractivity contribution in [2.45, 2.75) is 45.4 Å². The fourth-order valence-corrected chi connectivity index (χ4v) is 5.94. The van der Waals surface area contributed by atoms with Crippen LogP contribution < -0.4 is 5.32 Å². The highest BCUT2D eigenvalue weighted by atomic mass is 35.5. The van der Waals surface area contributed by atoms with Gasteiger partial charge < -0.3 is 5.32 Å². The van der Waals surface area contributed by atoms with Crippen LogP contribution in [0.4, 0.5) is 5.69 Å². The van der Waals surface area contributed by atoms with Crippen molar-refractivity contribution in [1.29, 1.82) is 0 Å². The average molecular weight is 332 g/mol. The van der Waals surface area contributed by atoms with Crippen molar-refractivity contribution in [3.63, 3.8) is 0 Å². The number of anilines is 1. The van der Waals surface area contributed by atoms with Gasteiger partial charge in [0.1, 0.15) is 0 Å². The Morgan fingerprint density at radius 2 is 1.65 bits per heavy atom. The van der Waals surface area contributed by atoms with Gasteiger partial charge in [0.05, 0.1) is 21.7 Å². The monoisotopic (exact) mass is 331 g/mol. The predicted molar refractivity (Wildman–Crippen MR) is 90.7 cm³/mol. The van der Waals surface area contributed by atoms with Crippen LogP contribution >= 0.6 is 11.6 Å². The van der Waals surface area contributed by atoms with Crippen LogP contribution in [0.1, 0.15) is 55.8 Å². The van der Waals surface area contributed by atoms with Gasteiger partial charge in [-0.15, -0.1) is 0 Å². The number of halogens is 1. The van der Waals surface area contributed by atoms with Gasteiger partial charge in [-0.05, 0) is 75.3 Å². The SMILES string of the molecule is CC(=O)c1c(Cl)cccc1NC(=O)C12CC3CC(CC(C3)C1)C2. The number of amides is 1.